The third kappa shape index (κ3) is 2.46. The highest BCUT2D eigenvalue weighted by Crippen LogP contribution is 2.37. The van der Waals surface area contributed by atoms with Crippen LogP contribution in [0.1, 0.15) is 47.7 Å². The van der Waals surface area contributed by atoms with Crippen molar-refractivity contribution in [1.82, 2.24) is 15.2 Å². The maximum absolute atomic E-state index is 12.5. The van der Waals surface area contributed by atoms with Gasteiger partial charge in [-0.1, -0.05) is 19.3 Å². The number of piperazine rings is 1. The van der Waals surface area contributed by atoms with Crippen molar-refractivity contribution < 1.29 is 9.59 Å². The number of aryl methyl sites for hydroxylation is 2. The lowest BCUT2D eigenvalue weighted by Gasteiger charge is -2.47. The van der Waals surface area contributed by atoms with Crippen molar-refractivity contribution in [3.05, 3.63) is 15.6 Å². The molecule has 5 nitrogen and oxygen atoms in total. The van der Waals surface area contributed by atoms with Gasteiger partial charge in [0, 0.05) is 4.88 Å². The molecular formula is C15H21N3O2S. The number of carbonyl (C=O) groups is 2. The smallest absolute Gasteiger partial charge is 0.246 e. The first-order valence-corrected chi connectivity index (χ1v) is 8.36. The van der Waals surface area contributed by atoms with Crippen LogP contribution in [-0.2, 0) is 16.1 Å². The van der Waals surface area contributed by atoms with E-state index < -0.39 is 5.54 Å². The predicted molar refractivity (Wildman–Crippen MR) is 81.0 cm³/mol. The van der Waals surface area contributed by atoms with Gasteiger partial charge in [0.05, 0.1) is 18.8 Å². The minimum Gasteiger partial charge on any atom is -0.345 e. The van der Waals surface area contributed by atoms with Gasteiger partial charge in [0.2, 0.25) is 11.8 Å². The molecule has 6 heteroatoms. The first-order chi connectivity index (χ1) is 10.0. The van der Waals surface area contributed by atoms with Crippen LogP contribution in [0.15, 0.2) is 0 Å². The van der Waals surface area contributed by atoms with Crippen LogP contribution < -0.4 is 5.32 Å². The Morgan fingerprint density at radius 1 is 1.24 bits per heavy atom. The fraction of sp³-hybridized carbons (Fsp3) is 0.667. The SMILES string of the molecule is Cc1nc(CN2C(=O)CNC(=O)C23CCCCC3)sc1C. The number of hydrogen-bond acceptors (Lipinski definition) is 4. The summed E-state index contributed by atoms with van der Waals surface area (Å²) < 4.78 is 0. The molecule has 1 aromatic rings. The predicted octanol–water partition coefficient (Wildman–Crippen LogP) is 1.92. The molecule has 2 heterocycles. The van der Waals surface area contributed by atoms with Gasteiger partial charge in [-0.2, -0.15) is 0 Å². The summed E-state index contributed by atoms with van der Waals surface area (Å²) in [5.41, 5.74) is 0.378. The summed E-state index contributed by atoms with van der Waals surface area (Å²) in [4.78, 5) is 32.4. The van der Waals surface area contributed by atoms with Gasteiger partial charge in [-0.15, -0.1) is 11.3 Å². The summed E-state index contributed by atoms with van der Waals surface area (Å²) in [6, 6.07) is 0. The van der Waals surface area contributed by atoms with E-state index in [4.69, 9.17) is 0 Å². The summed E-state index contributed by atoms with van der Waals surface area (Å²) in [7, 11) is 0. The molecule has 0 aromatic carbocycles. The van der Waals surface area contributed by atoms with E-state index in [-0.39, 0.29) is 18.4 Å². The summed E-state index contributed by atoms with van der Waals surface area (Å²) in [6.45, 7) is 4.60. The Balaban J connectivity index is 1.91. The molecular weight excluding hydrogens is 286 g/mol. The molecule has 2 aliphatic rings. The molecule has 1 N–H and O–H groups in total. The molecule has 1 aromatic heterocycles. The summed E-state index contributed by atoms with van der Waals surface area (Å²) in [6.07, 6.45) is 4.70. The van der Waals surface area contributed by atoms with Crippen LogP contribution in [-0.4, -0.2) is 33.8 Å². The monoisotopic (exact) mass is 307 g/mol. The zero-order valence-corrected chi connectivity index (χ0v) is 13.4. The standard InChI is InChI=1S/C15H21N3O2S/c1-10-11(2)21-12(17-10)9-18-13(19)8-16-14(20)15(18)6-4-3-5-7-15/h3-9H2,1-2H3,(H,16,20). The van der Waals surface area contributed by atoms with Gasteiger partial charge in [-0.05, 0) is 26.7 Å². The first kappa shape index (κ1) is 14.5. The van der Waals surface area contributed by atoms with Crippen LogP contribution in [0.25, 0.3) is 0 Å². The number of nitrogens with zero attached hydrogens (tertiary/aromatic N) is 2. The minimum atomic E-state index is -0.638. The molecule has 1 saturated heterocycles. The highest BCUT2D eigenvalue weighted by Gasteiger charge is 2.49. The fourth-order valence-corrected chi connectivity index (χ4v) is 4.32. The third-order valence-corrected chi connectivity index (χ3v) is 5.75. The zero-order chi connectivity index (χ0) is 15.0. The largest absolute Gasteiger partial charge is 0.345 e. The van der Waals surface area contributed by atoms with Gasteiger partial charge >= 0.3 is 0 Å². The van der Waals surface area contributed by atoms with Crippen molar-refractivity contribution in [2.75, 3.05) is 6.54 Å². The topological polar surface area (TPSA) is 62.3 Å². The number of thiazole rings is 1. The van der Waals surface area contributed by atoms with Crippen LogP contribution in [0.5, 0.6) is 0 Å². The van der Waals surface area contributed by atoms with E-state index in [0.717, 1.165) is 42.8 Å². The molecule has 1 aliphatic carbocycles. The Labute approximate surface area is 128 Å². The molecule has 0 radical (unpaired) electrons. The Morgan fingerprint density at radius 3 is 2.57 bits per heavy atom. The molecule has 21 heavy (non-hydrogen) atoms. The molecule has 2 amide bonds. The van der Waals surface area contributed by atoms with Crippen LogP contribution in [0, 0.1) is 13.8 Å². The van der Waals surface area contributed by atoms with Crippen LogP contribution in [0.2, 0.25) is 0 Å². The van der Waals surface area contributed by atoms with E-state index in [9.17, 15) is 9.59 Å². The molecule has 1 aliphatic heterocycles. The number of carbonyl (C=O) groups excluding carboxylic acids is 2. The van der Waals surface area contributed by atoms with E-state index in [1.807, 2.05) is 13.8 Å². The van der Waals surface area contributed by atoms with Crippen molar-refractivity contribution in [3.63, 3.8) is 0 Å². The third-order valence-electron chi connectivity index (χ3n) is 4.69. The van der Waals surface area contributed by atoms with Gasteiger partial charge in [-0.25, -0.2) is 4.98 Å². The van der Waals surface area contributed by atoms with Crippen molar-refractivity contribution in [3.8, 4) is 0 Å². The van der Waals surface area contributed by atoms with E-state index in [0.29, 0.717) is 6.54 Å². The second-order valence-corrected chi connectivity index (χ2v) is 7.29. The van der Waals surface area contributed by atoms with Crippen LogP contribution >= 0.6 is 11.3 Å². The summed E-state index contributed by atoms with van der Waals surface area (Å²) in [5, 5.41) is 3.71. The number of amides is 2. The van der Waals surface area contributed by atoms with Gasteiger partial charge in [0.1, 0.15) is 10.5 Å². The summed E-state index contributed by atoms with van der Waals surface area (Å²) in [5.74, 6) is 0.0359. The van der Waals surface area contributed by atoms with Gasteiger partial charge in [0.25, 0.3) is 0 Å². The Kier molecular flexibility index (Phi) is 3.73. The highest BCUT2D eigenvalue weighted by molar-refractivity contribution is 7.11. The first-order valence-electron chi connectivity index (χ1n) is 7.54. The van der Waals surface area contributed by atoms with Gasteiger partial charge in [-0.3, -0.25) is 9.59 Å². The maximum atomic E-state index is 12.5. The van der Waals surface area contributed by atoms with Crippen molar-refractivity contribution in [1.29, 1.82) is 0 Å². The van der Waals surface area contributed by atoms with E-state index >= 15 is 0 Å². The second-order valence-electron chi connectivity index (χ2n) is 6.00. The normalized spacial score (nSPS) is 21.7. The molecule has 0 atom stereocenters. The lowest BCUT2D eigenvalue weighted by molar-refractivity contribution is -0.157. The molecule has 1 saturated carbocycles. The van der Waals surface area contributed by atoms with E-state index in [1.165, 1.54) is 4.88 Å². The Bertz CT molecular complexity index is 556. The number of nitrogens with one attached hydrogen (secondary N) is 1. The molecule has 114 valence electrons. The number of aromatic nitrogens is 1. The fourth-order valence-electron chi connectivity index (χ4n) is 3.39. The van der Waals surface area contributed by atoms with E-state index in [1.54, 1.807) is 16.2 Å². The average Bonchev–Trinajstić information content (AvgIpc) is 2.79. The van der Waals surface area contributed by atoms with Gasteiger partial charge in [0.15, 0.2) is 0 Å². The number of hydrogen-bond donors (Lipinski definition) is 1. The van der Waals surface area contributed by atoms with Crippen molar-refractivity contribution in [2.24, 2.45) is 0 Å². The second kappa shape index (κ2) is 5.40. The van der Waals surface area contributed by atoms with Gasteiger partial charge < -0.3 is 10.2 Å². The summed E-state index contributed by atoms with van der Waals surface area (Å²) >= 11 is 1.62. The molecule has 1 spiro atoms. The molecule has 2 fully saturated rings. The molecule has 3 rings (SSSR count). The van der Waals surface area contributed by atoms with Crippen molar-refractivity contribution in [2.45, 2.75) is 58.0 Å². The van der Waals surface area contributed by atoms with Crippen LogP contribution in [0.3, 0.4) is 0 Å². The lowest BCUT2D eigenvalue weighted by Crippen LogP contribution is -2.67. The minimum absolute atomic E-state index is 0.0157. The Hall–Kier alpha value is -1.43. The quantitative estimate of drug-likeness (QED) is 0.908. The molecule has 0 bridgehead atoms. The highest BCUT2D eigenvalue weighted by atomic mass is 32.1. The number of rotatable bonds is 2. The maximum Gasteiger partial charge on any atom is 0.246 e. The van der Waals surface area contributed by atoms with Crippen molar-refractivity contribution >= 4 is 23.2 Å². The zero-order valence-electron chi connectivity index (χ0n) is 12.6. The lowest BCUT2D eigenvalue weighted by atomic mass is 9.78. The Morgan fingerprint density at radius 2 is 1.95 bits per heavy atom. The van der Waals surface area contributed by atoms with Crippen LogP contribution in [0.4, 0.5) is 0 Å². The molecule has 0 unspecified atom stereocenters. The average molecular weight is 307 g/mol. The van der Waals surface area contributed by atoms with E-state index in [2.05, 4.69) is 10.3 Å².